The van der Waals surface area contributed by atoms with Gasteiger partial charge in [0.15, 0.2) is 0 Å². The Hall–Kier alpha value is -3.22. The van der Waals surface area contributed by atoms with Crippen molar-refractivity contribution in [1.29, 1.82) is 0 Å². The van der Waals surface area contributed by atoms with Crippen LogP contribution in [0.15, 0.2) is 55.1 Å². The van der Waals surface area contributed by atoms with Crippen molar-refractivity contribution in [3.63, 3.8) is 0 Å². The van der Waals surface area contributed by atoms with E-state index < -0.39 is 30.6 Å². The summed E-state index contributed by atoms with van der Waals surface area (Å²) < 4.78 is 53.0. The van der Waals surface area contributed by atoms with E-state index in [-0.39, 0.29) is 6.61 Å². The minimum Gasteiger partial charge on any atom is -0.493 e. The fourth-order valence-electron chi connectivity index (χ4n) is 5.00. The van der Waals surface area contributed by atoms with Crippen molar-refractivity contribution >= 4 is 16.9 Å². The molecule has 0 aliphatic heterocycles. The number of carbonyl (C=O) groups excluding carboxylic acids is 1. The first-order valence-electron chi connectivity index (χ1n) is 13.8. The predicted molar refractivity (Wildman–Crippen MR) is 151 cm³/mol. The Morgan fingerprint density at radius 1 is 1.03 bits per heavy atom. The van der Waals surface area contributed by atoms with E-state index in [1.807, 2.05) is 12.1 Å². The quantitative estimate of drug-likeness (QED) is 0.116. The fraction of sp³-hybridized carbons (Fsp3) is 0.469. The van der Waals surface area contributed by atoms with Gasteiger partial charge in [0.25, 0.3) is 0 Å². The van der Waals surface area contributed by atoms with Gasteiger partial charge in [-0.1, -0.05) is 58.4 Å². The number of fused-ring (bicyclic) bond motifs is 1. The van der Waals surface area contributed by atoms with Gasteiger partial charge in [-0.05, 0) is 55.5 Å². The molecule has 1 aromatic heterocycles. The van der Waals surface area contributed by atoms with Gasteiger partial charge < -0.3 is 14.0 Å². The van der Waals surface area contributed by atoms with E-state index in [1.165, 1.54) is 42.9 Å². The van der Waals surface area contributed by atoms with E-state index in [2.05, 4.69) is 56.2 Å². The molecule has 0 N–H and O–H groups in total. The highest BCUT2D eigenvalue weighted by atomic mass is 19.4. The van der Waals surface area contributed by atoms with Crippen LogP contribution >= 0.6 is 0 Å². The lowest BCUT2D eigenvalue weighted by molar-refractivity contribution is -0.172. The molecule has 0 spiro atoms. The van der Waals surface area contributed by atoms with E-state index in [0.717, 1.165) is 42.1 Å². The second-order valence-corrected chi connectivity index (χ2v) is 10.5. The molecule has 0 bridgehead atoms. The number of carbonyl (C=O) groups is 1. The molecule has 0 aliphatic rings. The van der Waals surface area contributed by atoms with Crippen LogP contribution in [0.2, 0.25) is 0 Å². The van der Waals surface area contributed by atoms with Crippen LogP contribution in [0.5, 0.6) is 5.75 Å². The van der Waals surface area contributed by atoms with Gasteiger partial charge in [0.1, 0.15) is 12.4 Å². The summed E-state index contributed by atoms with van der Waals surface area (Å²) in [7, 11) is 0. The Balaban J connectivity index is 1.89. The molecule has 4 nitrogen and oxygen atoms in total. The first-order valence-corrected chi connectivity index (χ1v) is 13.8. The largest absolute Gasteiger partial charge is 0.493 e. The third-order valence-electron chi connectivity index (χ3n) is 7.03. The summed E-state index contributed by atoms with van der Waals surface area (Å²) in [6.45, 7) is 11.2. The van der Waals surface area contributed by atoms with Crippen molar-refractivity contribution < 1.29 is 27.4 Å². The van der Waals surface area contributed by atoms with Crippen LogP contribution in [0.3, 0.4) is 0 Å². The second kappa shape index (κ2) is 13.2. The van der Waals surface area contributed by atoms with E-state index in [0.29, 0.717) is 5.75 Å². The third kappa shape index (κ3) is 8.13. The summed E-state index contributed by atoms with van der Waals surface area (Å²) in [5.41, 5.74) is 4.47. The van der Waals surface area contributed by atoms with Gasteiger partial charge in [0.05, 0.1) is 18.5 Å². The molecule has 212 valence electrons. The zero-order valence-corrected chi connectivity index (χ0v) is 23.5. The summed E-state index contributed by atoms with van der Waals surface area (Å²) in [6.07, 6.45) is 0.980. The Morgan fingerprint density at radius 2 is 1.79 bits per heavy atom. The van der Waals surface area contributed by atoms with Crippen LogP contribution in [0.25, 0.3) is 22.2 Å². The van der Waals surface area contributed by atoms with Gasteiger partial charge in [-0.2, -0.15) is 13.2 Å². The zero-order valence-electron chi connectivity index (χ0n) is 23.5. The molecular formula is C32H40F3NO3. The maximum absolute atomic E-state index is 13.3. The number of ether oxygens (including phenoxy) is 2. The molecule has 1 atom stereocenters. The number of alkyl halides is 3. The molecule has 0 fully saturated rings. The van der Waals surface area contributed by atoms with Gasteiger partial charge in [-0.25, -0.2) is 4.79 Å². The van der Waals surface area contributed by atoms with Crippen molar-refractivity contribution in [3.05, 3.63) is 66.2 Å². The topological polar surface area (TPSA) is 40.5 Å². The van der Waals surface area contributed by atoms with Gasteiger partial charge in [0.2, 0.25) is 0 Å². The number of benzene rings is 2. The van der Waals surface area contributed by atoms with Gasteiger partial charge in [-0.15, -0.1) is 0 Å². The van der Waals surface area contributed by atoms with Gasteiger partial charge in [-0.3, -0.25) is 0 Å². The molecule has 39 heavy (non-hydrogen) atoms. The number of aryl methyl sites for hydroxylation is 3. The second-order valence-electron chi connectivity index (χ2n) is 10.5. The van der Waals surface area contributed by atoms with Crippen LogP contribution < -0.4 is 4.74 Å². The van der Waals surface area contributed by atoms with Crippen LogP contribution in [0, 0.1) is 5.41 Å². The highest BCUT2D eigenvalue weighted by Crippen LogP contribution is 2.36. The van der Waals surface area contributed by atoms with Gasteiger partial charge >= 0.3 is 12.1 Å². The van der Waals surface area contributed by atoms with E-state index in [9.17, 15) is 18.0 Å². The average Bonchev–Trinajstić information content (AvgIpc) is 3.27. The summed E-state index contributed by atoms with van der Waals surface area (Å²) in [5.74, 6) is -0.300. The zero-order chi connectivity index (χ0) is 28.6. The molecule has 2 aromatic carbocycles. The predicted octanol–water partition coefficient (Wildman–Crippen LogP) is 8.69. The molecule has 1 unspecified atom stereocenters. The van der Waals surface area contributed by atoms with Crippen LogP contribution in [0.4, 0.5) is 13.2 Å². The summed E-state index contributed by atoms with van der Waals surface area (Å²) >= 11 is 0. The standard InChI is InChI=1S/C32H40F3NO3/c1-6-10-11-12-23-13-16-27(24(7-2)17-23)29-18-25-14-15-26(19-28(25)36(29)9-4)38-21-31(5,20-32(33,34)35)22-39-30(37)8-3/h8,13-19H,3,6-7,9-12,20-22H2,1-2,4-5H3. The average molecular weight is 544 g/mol. The number of nitrogens with zero attached hydrogens (tertiary/aromatic N) is 1. The van der Waals surface area contributed by atoms with Crippen LogP contribution in [0.1, 0.15) is 64.5 Å². The van der Waals surface area contributed by atoms with E-state index in [1.54, 1.807) is 6.07 Å². The molecule has 7 heteroatoms. The van der Waals surface area contributed by atoms with Crippen molar-refractivity contribution in [1.82, 2.24) is 4.57 Å². The number of hydrogen-bond donors (Lipinski definition) is 0. The van der Waals surface area contributed by atoms with Gasteiger partial charge in [0, 0.05) is 40.7 Å². The molecule has 3 rings (SSSR count). The van der Waals surface area contributed by atoms with Crippen molar-refractivity contribution in [2.24, 2.45) is 5.41 Å². The number of aromatic nitrogens is 1. The lowest BCUT2D eigenvalue weighted by Crippen LogP contribution is -2.36. The number of halogens is 3. The van der Waals surface area contributed by atoms with Crippen molar-refractivity contribution in [3.8, 4) is 17.0 Å². The van der Waals surface area contributed by atoms with Crippen molar-refractivity contribution in [2.75, 3.05) is 13.2 Å². The number of unbranched alkanes of at least 4 members (excludes halogenated alkanes) is 2. The molecule has 0 aliphatic carbocycles. The SMILES string of the molecule is C=CC(=O)OCC(C)(COc1ccc2cc(-c3ccc(CCCCC)cc3CC)n(CC)c2c1)CC(F)(F)F. The van der Waals surface area contributed by atoms with Crippen molar-refractivity contribution in [2.45, 2.75) is 78.9 Å². The molecule has 0 amide bonds. The smallest absolute Gasteiger partial charge is 0.389 e. The highest BCUT2D eigenvalue weighted by Gasteiger charge is 2.41. The monoisotopic (exact) mass is 543 g/mol. The molecular weight excluding hydrogens is 503 g/mol. The van der Waals surface area contributed by atoms with Crippen LogP contribution in [-0.2, 0) is 28.9 Å². The summed E-state index contributed by atoms with van der Waals surface area (Å²) in [6, 6.07) is 14.5. The molecule has 0 saturated heterocycles. The number of esters is 1. The molecule has 0 radical (unpaired) electrons. The summed E-state index contributed by atoms with van der Waals surface area (Å²) in [4.78, 5) is 11.5. The Bertz CT molecular complexity index is 1280. The highest BCUT2D eigenvalue weighted by molar-refractivity contribution is 5.88. The molecule has 1 heterocycles. The normalized spacial score (nSPS) is 13.3. The first-order chi connectivity index (χ1) is 18.5. The van der Waals surface area contributed by atoms with Crippen LogP contribution in [-0.4, -0.2) is 29.9 Å². The van der Waals surface area contributed by atoms with E-state index in [4.69, 9.17) is 9.47 Å². The Kier molecular flexibility index (Phi) is 10.3. The number of rotatable bonds is 14. The minimum atomic E-state index is -4.43. The maximum Gasteiger partial charge on any atom is 0.389 e. The number of hydrogen-bond acceptors (Lipinski definition) is 3. The fourth-order valence-corrected chi connectivity index (χ4v) is 5.00. The first kappa shape index (κ1) is 30.3. The van der Waals surface area contributed by atoms with E-state index >= 15 is 0 Å². The molecule has 0 saturated carbocycles. The third-order valence-corrected chi connectivity index (χ3v) is 7.03. The lowest BCUT2D eigenvalue weighted by Gasteiger charge is -2.29. The molecule has 3 aromatic rings. The minimum absolute atomic E-state index is 0.262. The summed E-state index contributed by atoms with van der Waals surface area (Å²) in [5, 5.41) is 1.03. The Morgan fingerprint density at radius 3 is 2.44 bits per heavy atom. The Labute approximate surface area is 229 Å². The lowest BCUT2D eigenvalue weighted by atomic mass is 9.88. The maximum atomic E-state index is 13.3.